The van der Waals surface area contributed by atoms with Crippen molar-refractivity contribution in [1.29, 1.82) is 0 Å². The molecule has 1 amide bonds. The number of aromatic nitrogens is 1. The molecule has 21 heavy (non-hydrogen) atoms. The maximum absolute atomic E-state index is 12.0. The lowest BCUT2D eigenvalue weighted by Crippen LogP contribution is -2.15. The molecule has 0 aliphatic heterocycles. The molecule has 0 radical (unpaired) electrons. The largest absolute Gasteiger partial charge is 0.384 e. The van der Waals surface area contributed by atoms with Gasteiger partial charge in [0.15, 0.2) is 0 Å². The van der Waals surface area contributed by atoms with Gasteiger partial charge in [0.1, 0.15) is 6.61 Å². The van der Waals surface area contributed by atoms with Crippen LogP contribution < -0.4 is 5.32 Å². The van der Waals surface area contributed by atoms with Gasteiger partial charge in [-0.1, -0.05) is 24.0 Å². The van der Waals surface area contributed by atoms with Crippen molar-refractivity contribution in [2.75, 3.05) is 11.9 Å². The molecule has 0 saturated carbocycles. The summed E-state index contributed by atoms with van der Waals surface area (Å²) in [6.07, 6.45) is 3.63. The number of hydrogen-bond acceptors (Lipinski definition) is 3. The van der Waals surface area contributed by atoms with Gasteiger partial charge in [0, 0.05) is 23.6 Å². The first-order valence-corrected chi connectivity index (χ1v) is 6.58. The zero-order valence-corrected chi connectivity index (χ0v) is 11.8. The Kier molecular flexibility index (Phi) is 5.08. The topological polar surface area (TPSA) is 62.2 Å². The van der Waals surface area contributed by atoms with E-state index in [0.29, 0.717) is 0 Å². The molecule has 0 unspecified atom stereocenters. The summed E-state index contributed by atoms with van der Waals surface area (Å²) in [5.74, 6) is 5.31. The standard InChI is InChI=1S/C17H16N2O2/c1-13-6-7-14(5-3-9-20)10-16(13)19-17(21)11-15-4-2-8-18-12-15/h2,4,6-8,10,12,20H,9,11H2,1H3,(H,19,21). The summed E-state index contributed by atoms with van der Waals surface area (Å²) < 4.78 is 0. The van der Waals surface area contributed by atoms with Crippen molar-refractivity contribution in [2.24, 2.45) is 0 Å². The third-order valence-corrected chi connectivity index (χ3v) is 2.91. The predicted molar refractivity (Wildman–Crippen MR) is 81.7 cm³/mol. The predicted octanol–water partition coefficient (Wildman–Crippen LogP) is 1.92. The van der Waals surface area contributed by atoms with Gasteiger partial charge < -0.3 is 10.4 Å². The second-order valence-electron chi connectivity index (χ2n) is 4.58. The average molecular weight is 280 g/mol. The van der Waals surface area contributed by atoms with Gasteiger partial charge in [0.25, 0.3) is 0 Å². The number of pyridine rings is 1. The molecule has 1 heterocycles. The Bertz CT molecular complexity index is 685. The third-order valence-electron chi connectivity index (χ3n) is 2.91. The molecule has 0 bridgehead atoms. The molecule has 0 saturated heterocycles. The van der Waals surface area contributed by atoms with Crippen LogP contribution in [0.15, 0.2) is 42.7 Å². The van der Waals surface area contributed by atoms with Crippen molar-refractivity contribution in [3.05, 3.63) is 59.4 Å². The first-order chi connectivity index (χ1) is 10.2. The van der Waals surface area contributed by atoms with E-state index in [1.165, 1.54) is 0 Å². The normalized spacial score (nSPS) is 9.62. The van der Waals surface area contributed by atoms with E-state index in [4.69, 9.17) is 5.11 Å². The van der Waals surface area contributed by atoms with Crippen LogP contribution in [-0.2, 0) is 11.2 Å². The van der Waals surface area contributed by atoms with Crippen LogP contribution in [0.4, 0.5) is 5.69 Å². The smallest absolute Gasteiger partial charge is 0.228 e. The number of anilines is 1. The van der Waals surface area contributed by atoms with Gasteiger partial charge in [-0.15, -0.1) is 0 Å². The van der Waals surface area contributed by atoms with E-state index >= 15 is 0 Å². The number of nitrogens with zero attached hydrogens (tertiary/aromatic N) is 1. The van der Waals surface area contributed by atoms with E-state index in [9.17, 15) is 4.79 Å². The molecule has 106 valence electrons. The lowest BCUT2D eigenvalue weighted by Gasteiger charge is -2.09. The zero-order valence-electron chi connectivity index (χ0n) is 11.8. The van der Waals surface area contributed by atoms with Gasteiger partial charge in [0.2, 0.25) is 5.91 Å². The van der Waals surface area contributed by atoms with Crippen molar-refractivity contribution in [1.82, 2.24) is 4.98 Å². The summed E-state index contributed by atoms with van der Waals surface area (Å²) >= 11 is 0. The van der Waals surface area contributed by atoms with Crippen molar-refractivity contribution >= 4 is 11.6 Å². The summed E-state index contributed by atoms with van der Waals surface area (Å²) in [4.78, 5) is 16.0. The summed E-state index contributed by atoms with van der Waals surface area (Å²) in [5, 5.41) is 11.6. The Morgan fingerprint density at radius 1 is 1.38 bits per heavy atom. The lowest BCUT2D eigenvalue weighted by molar-refractivity contribution is -0.115. The number of benzene rings is 1. The second kappa shape index (κ2) is 7.22. The highest BCUT2D eigenvalue weighted by Crippen LogP contribution is 2.16. The van der Waals surface area contributed by atoms with Crippen molar-refractivity contribution < 1.29 is 9.90 Å². The molecule has 0 atom stereocenters. The molecule has 1 aromatic heterocycles. The number of amides is 1. The number of nitrogens with one attached hydrogen (secondary N) is 1. The number of aliphatic hydroxyl groups excluding tert-OH is 1. The molecule has 0 fully saturated rings. The van der Waals surface area contributed by atoms with Crippen LogP contribution in [0.3, 0.4) is 0 Å². The number of aliphatic hydroxyl groups is 1. The van der Waals surface area contributed by atoms with Crippen LogP contribution in [0, 0.1) is 18.8 Å². The summed E-state index contributed by atoms with van der Waals surface area (Å²) in [5.41, 5.74) is 3.31. The van der Waals surface area contributed by atoms with Crippen LogP contribution in [0.25, 0.3) is 0 Å². The molecule has 4 heteroatoms. The van der Waals surface area contributed by atoms with Crippen LogP contribution in [-0.4, -0.2) is 22.6 Å². The van der Waals surface area contributed by atoms with Gasteiger partial charge in [-0.2, -0.15) is 0 Å². The third kappa shape index (κ3) is 4.44. The molecular weight excluding hydrogens is 264 g/mol. The quantitative estimate of drug-likeness (QED) is 0.844. The molecule has 2 rings (SSSR count). The number of rotatable bonds is 3. The van der Waals surface area contributed by atoms with Crippen LogP contribution in [0.2, 0.25) is 0 Å². The van der Waals surface area contributed by atoms with Crippen LogP contribution in [0.1, 0.15) is 16.7 Å². The van der Waals surface area contributed by atoms with Crippen molar-refractivity contribution in [3.63, 3.8) is 0 Å². The average Bonchev–Trinajstić information content (AvgIpc) is 2.49. The van der Waals surface area contributed by atoms with Gasteiger partial charge in [-0.3, -0.25) is 9.78 Å². The Morgan fingerprint density at radius 3 is 2.95 bits per heavy atom. The van der Waals surface area contributed by atoms with Crippen LogP contribution in [0.5, 0.6) is 0 Å². The summed E-state index contributed by atoms with van der Waals surface area (Å²) in [6, 6.07) is 9.22. The Hall–Kier alpha value is -2.64. The van der Waals surface area contributed by atoms with E-state index in [-0.39, 0.29) is 18.9 Å². The first-order valence-electron chi connectivity index (χ1n) is 6.58. The van der Waals surface area contributed by atoms with Crippen molar-refractivity contribution in [2.45, 2.75) is 13.3 Å². The van der Waals surface area contributed by atoms with E-state index in [2.05, 4.69) is 22.1 Å². The molecule has 0 aliphatic rings. The monoisotopic (exact) mass is 280 g/mol. The fourth-order valence-corrected chi connectivity index (χ4v) is 1.86. The van der Waals surface area contributed by atoms with E-state index in [1.807, 2.05) is 25.1 Å². The number of carbonyl (C=O) groups excluding carboxylic acids is 1. The molecule has 0 spiro atoms. The molecule has 4 nitrogen and oxygen atoms in total. The van der Waals surface area contributed by atoms with Gasteiger partial charge in [-0.05, 0) is 36.2 Å². The van der Waals surface area contributed by atoms with E-state index in [0.717, 1.165) is 22.4 Å². The van der Waals surface area contributed by atoms with E-state index < -0.39 is 0 Å². The fraction of sp³-hybridized carbons (Fsp3) is 0.176. The van der Waals surface area contributed by atoms with Crippen LogP contribution >= 0.6 is 0 Å². The number of carbonyl (C=O) groups is 1. The minimum absolute atomic E-state index is 0.0987. The van der Waals surface area contributed by atoms with Gasteiger partial charge in [0.05, 0.1) is 6.42 Å². The Labute approximate surface area is 123 Å². The molecule has 2 aromatic rings. The molecule has 2 N–H and O–H groups in total. The minimum atomic E-state index is -0.184. The Balaban J connectivity index is 2.09. The highest BCUT2D eigenvalue weighted by atomic mass is 16.2. The first kappa shape index (κ1) is 14.8. The SMILES string of the molecule is Cc1ccc(C#CCO)cc1NC(=O)Cc1cccnc1. The molecular formula is C17H16N2O2. The maximum Gasteiger partial charge on any atom is 0.228 e. The zero-order chi connectivity index (χ0) is 15.1. The number of aryl methyl sites for hydroxylation is 1. The minimum Gasteiger partial charge on any atom is -0.384 e. The fourth-order valence-electron chi connectivity index (χ4n) is 1.86. The maximum atomic E-state index is 12.0. The molecule has 0 aliphatic carbocycles. The van der Waals surface area contributed by atoms with Crippen molar-refractivity contribution in [3.8, 4) is 11.8 Å². The van der Waals surface area contributed by atoms with E-state index in [1.54, 1.807) is 24.5 Å². The lowest BCUT2D eigenvalue weighted by atomic mass is 10.1. The highest BCUT2D eigenvalue weighted by Gasteiger charge is 2.06. The number of hydrogen-bond donors (Lipinski definition) is 2. The summed E-state index contributed by atoms with van der Waals surface area (Å²) in [6.45, 7) is 1.74. The molecule has 1 aromatic carbocycles. The highest BCUT2D eigenvalue weighted by molar-refractivity contribution is 5.93. The Morgan fingerprint density at radius 2 is 2.24 bits per heavy atom. The van der Waals surface area contributed by atoms with Gasteiger partial charge >= 0.3 is 0 Å². The summed E-state index contributed by atoms with van der Waals surface area (Å²) in [7, 11) is 0. The van der Waals surface area contributed by atoms with Gasteiger partial charge in [-0.25, -0.2) is 0 Å². The second-order valence-corrected chi connectivity index (χ2v) is 4.58.